The number of hydrogen-bond donors (Lipinski definition) is 0. The first-order chi connectivity index (χ1) is 13.8. The fourth-order valence-electron chi connectivity index (χ4n) is 4.99. The van der Waals surface area contributed by atoms with E-state index in [1.165, 1.54) is 57.2 Å². The van der Waals surface area contributed by atoms with E-state index in [0.29, 0.717) is 10.9 Å². The van der Waals surface area contributed by atoms with Crippen molar-refractivity contribution >= 4 is 17.2 Å². The molecular formula is C23H27ClN4. The molecule has 4 nitrogen and oxygen atoms in total. The molecule has 2 aliphatic rings. The number of aromatic nitrogens is 3. The highest BCUT2D eigenvalue weighted by molar-refractivity contribution is 6.30. The molecule has 5 heteroatoms. The van der Waals surface area contributed by atoms with E-state index in [4.69, 9.17) is 16.6 Å². The highest BCUT2D eigenvalue weighted by Crippen LogP contribution is 2.32. The molecule has 5 rings (SSSR count). The molecule has 4 heterocycles. The van der Waals surface area contributed by atoms with Crippen molar-refractivity contribution in [3.8, 4) is 11.4 Å². The number of nitrogens with zero attached hydrogens (tertiary/aromatic N) is 4. The third-order valence-electron chi connectivity index (χ3n) is 6.46. The van der Waals surface area contributed by atoms with Gasteiger partial charge in [-0.1, -0.05) is 36.9 Å². The second-order valence-corrected chi connectivity index (χ2v) is 8.73. The largest absolute Gasteiger partial charge is 0.300 e. The van der Waals surface area contributed by atoms with Gasteiger partial charge in [-0.2, -0.15) is 0 Å². The Morgan fingerprint density at radius 3 is 2.75 bits per heavy atom. The molecule has 1 unspecified atom stereocenters. The van der Waals surface area contributed by atoms with Crippen LogP contribution >= 0.6 is 11.6 Å². The fraction of sp³-hybridized carbons (Fsp3) is 0.478. The van der Waals surface area contributed by atoms with Gasteiger partial charge in [0.2, 0.25) is 0 Å². The Morgan fingerprint density at radius 1 is 0.964 bits per heavy atom. The van der Waals surface area contributed by atoms with Crippen molar-refractivity contribution in [2.75, 3.05) is 13.1 Å². The van der Waals surface area contributed by atoms with Gasteiger partial charge in [0.05, 0.1) is 22.6 Å². The lowest BCUT2D eigenvalue weighted by Gasteiger charge is -2.40. The molecule has 1 aliphatic heterocycles. The van der Waals surface area contributed by atoms with Crippen LogP contribution in [0.3, 0.4) is 0 Å². The molecule has 3 aromatic heterocycles. The normalized spacial score (nSPS) is 22.0. The molecule has 1 saturated heterocycles. The van der Waals surface area contributed by atoms with Gasteiger partial charge in [0.25, 0.3) is 0 Å². The van der Waals surface area contributed by atoms with Crippen LogP contribution in [0.5, 0.6) is 0 Å². The first-order valence-electron chi connectivity index (χ1n) is 10.6. The number of imidazole rings is 1. The molecule has 146 valence electrons. The lowest BCUT2D eigenvalue weighted by Crippen LogP contribution is -2.43. The minimum Gasteiger partial charge on any atom is -0.300 e. The quantitative estimate of drug-likeness (QED) is 0.582. The van der Waals surface area contributed by atoms with E-state index in [1.54, 1.807) is 0 Å². The van der Waals surface area contributed by atoms with Crippen LogP contribution < -0.4 is 0 Å². The number of hydrogen-bond acceptors (Lipinski definition) is 3. The van der Waals surface area contributed by atoms with Crippen LogP contribution in [0.1, 0.15) is 56.6 Å². The van der Waals surface area contributed by atoms with Crippen LogP contribution in [0.25, 0.3) is 17.0 Å². The van der Waals surface area contributed by atoms with E-state index in [0.717, 1.165) is 29.6 Å². The van der Waals surface area contributed by atoms with E-state index in [1.807, 2.05) is 28.9 Å². The summed E-state index contributed by atoms with van der Waals surface area (Å²) in [4.78, 5) is 12.3. The number of halogens is 1. The van der Waals surface area contributed by atoms with Gasteiger partial charge >= 0.3 is 0 Å². The van der Waals surface area contributed by atoms with Gasteiger partial charge in [-0.3, -0.25) is 14.3 Å². The van der Waals surface area contributed by atoms with Crippen molar-refractivity contribution in [1.82, 2.24) is 19.3 Å². The van der Waals surface area contributed by atoms with Crippen LogP contribution in [0, 0.1) is 0 Å². The molecule has 0 aromatic carbocycles. The van der Waals surface area contributed by atoms with Crippen molar-refractivity contribution in [3.63, 3.8) is 0 Å². The van der Waals surface area contributed by atoms with Crippen molar-refractivity contribution in [2.24, 2.45) is 0 Å². The number of rotatable bonds is 3. The van der Waals surface area contributed by atoms with Gasteiger partial charge in [-0.05, 0) is 56.5 Å². The molecule has 0 amide bonds. The highest BCUT2D eigenvalue weighted by Gasteiger charge is 2.28. The molecule has 1 saturated carbocycles. The summed E-state index contributed by atoms with van der Waals surface area (Å²) >= 11 is 6.20. The van der Waals surface area contributed by atoms with Gasteiger partial charge in [-0.15, -0.1) is 0 Å². The van der Waals surface area contributed by atoms with Gasteiger partial charge in [0, 0.05) is 30.4 Å². The summed E-state index contributed by atoms with van der Waals surface area (Å²) in [5.74, 6) is 0.526. The van der Waals surface area contributed by atoms with Gasteiger partial charge in [0.15, 0.2) is 0 Å². The summed E-state index contributed by atoms with van der Waals surface area (Å²) in [5, 5.41) is 0.707. The number of fused-ring (bicyclic) bond motifs is 1. The van der Waals surface area contributed by atoms with Crippen molar-refractivity contribution in [1.29, 1.82) is 0 Å². The fourth-order valence-corrected chi connectivity index (χ4v) is 5.15. The molecule has 1 atom stereocenters. The predicted octanol–water partition coefficient (Wildman–Crippen LogP) is 5.56. The SMILES string of the molecule is Clc1ccc2ncc(-c3cccc(C4CCCN(C5CCCCC5)C4)n3)n2c1. The van der Waals surface area contributed by atoms with Crippen molar-refractivity contribution in [2.45, 2.75) is 56.9 Å². The second kappa shape index (κ2) is 7.84. The third kappa shape index (κ3) is 3.56. The average molecular weight is 395 g/mol. The monoisotopic (exact) mass is 394 g/mol. The summed E-state index contributed by atoms with van der Waals surface area (Å²) < 4.78 is 2.03. The average Bonchev–Trinajstić information content (AvgIpc) is 3.18. The van der Waals surface area contributed by atoms with Gasteiger partial charge < -0.3 is 0 Å². The predicted molar refractivity (Wildman–Crippen MR) is 114 cm³/mol. The number of pyridine rings is 2. The standard InChI is InChI=1S/C23H27ClN4/c24-18-11-12-23-25-14-22(28(23)16-18)21-10-4-9-20(26-21)17-6-5-13-27(15-17)19-7-2-1-3-8-19/h4,9-12,14,16-17,19H,1-3,5-8,13,15H2. The van der Waals surface area contributed by atoms with E-state index < -0.39 is 0 Å². The Balaban J connectivity index is 1.41. The zero-order chi connectivity index (χ0) is 18.9. The molecule has 3 aromatic rings. The van der Waals surface area contributed by atoms with Crippen LogP contribution in [0.2, 0.25) is 5.02 Å². The Labute approximate surface area is 171 Å². The number of piperidine rings is 1. The van der Waals surface area contributed by atoms with E-state index >= 15 is 0 Å². The minimum absolute atomic E-state index is 0.526. The molecule has 0 spiro atoms. The van der Waals surface area contributed by atoms with E-state index in [-0.39, 0.29) is 0 Å². The molecule has 0 radical (unpaired) electrons. The Hall–Kier alpha value is -1.91. The van der Waals surface area contributed by atoms with E-state index in [2.05, 4.69) is 28.1 Å². The molecule has 0 bridgehead atoms. The zero-order valence-corrected chi connectivity index (χ0v) is 17.0. The minimum atomic E-state index is 0.526. The smallest absolute Gasteiger partial charge is 0.137 e. The summed E-state index contributed by atoms with van der Waals surface area (Å²) in [6.45, 7) is 2.41. The van der Waals surface area contributed by atoms with Crippen LogP contribution in [-0.4, -0.2) is 38.4 Å². The Bertz CT molecular complexity index is 960. The summed E-state index contributed by atoms with van der Waals surface area (Å²) in [5.41, 5.74) is 4.09. The molecular weight excluding hydrogens is 368 g/mol. The van der Waals surface area contributed by atoms with Crippen LogP contribution in [0.4, 0.5) is 0 Å². The third-order valence-corrected chi connectivity index (χ3v) is 6.69. The summed E-state index contributed by atoms with van der Waals surface area (Å²) in [6.07, 6.45) is 13.3. The maximum Gasteiger partial charge on any atom is 0.137 e. The first kappa shape index (κ1) is 18.1. The van der Waals surface area contributed by atoms with E-state index in [9.17, 15) is 0 Å². The number of likely N-dealkylation sites (tertiary alicyclic amines) is 1. The summed E-state index contributed by atoms with van der Waals surface area (Å²) in [6, 6.07) is 11.0. The molecule has 28 heavy (non-hydrogen) atoms. The lowest BCUT2D eigenvalue weighted by molar-refractivity contribution is 0.118. The summed E-state index contributed by atoms with van der Waals surface area (Å²) in [7, 11) is 0. The maximum absolute atomic E-state index is 6.20. The maximum atomic E-state index is 6.20. The van der Waals surface area contributed by atoms with Crippen molar-refractivity contribution < 1.29 is 0 Å². The zero-order valence-electron chi connectivity index (χ0n) is 16.2. The van der Waals surface area contributed by atoms with Gasteiger partial charge in [-0.25, -0.2) is 4.98 Å². The Morgan fingerprint density at radius 2 is 1.86 bits per heavy atom. The lowest BCUT2D eigenvalue weighted by atomic mass is 9.89. The van der Waals surface area contributed by atoms with Crippen LogP contribution in [-0.2, 0) is 0 Å². The van der Waals surface area contributed by atoms with Crippen LogP contribution in [0.15, 0.2) is 42.7 Å². The van der Waals surface area contributed by atoms with Crippen molar-refractivity contribution in [3.05, 3.63) is 53.4 Å². The second-order valence-electron chi connectivity index (χ2n) is 8.29. The Kier molecular flexibility index (Phi) is 5.08. The molecule has 2 fully saturated rings. The first-order valence-corrected chi connectivity index (χ1v) is 11.0. The molecule has 1 aliphatic carbocycles. The highest BCUT2D eigenvalue weighted by atomic mass is 35.5. The molecule has 0 N–H and O–H groups in total. The van der Waals surface area contributed by atoms with Gasteiger partial charge in [0.1, 0.15) is 5.65 Å². The topological polar surface area (TPSA) is 33.4 Å².